The number of hydrogen-bond acceptors (Lipinski definition) is 4. The van der Waals surface area contributed by atoms with E-state index in [1.54, 1.807) is 0 Å². The largest absolute Gasteiger partial charge is 0.463 e. The molecule has 1 aromatic heterocycles. The van der Waals surface area contributed by atoms with Crippen LogP contribution in [0.2, 0.25) is 0 Å². The molecule has 1 atom stereocenters. The van der Waals surface area contributed by atoms with Crippen molar-refractivity contribution in [3.05, 3.63) is 0 Å². The highest BCUT2D eigenvalue weighted by atomic mass is 32.2. The van der Waals surface area contributed by atoms with E-state index in [0.29, 0.717) is 12.6 Å². The molecule has 1 rings (SSSR count). The third-order valence-electron chi connectivity index (χ3n) is 0.979. The second-order valence-corrected chi connectivity index (χ2v) is 3.07. The first-order valence-corrected chi connectivity index (χ1v) is 4.93. The summed E-state index contributed by atoms with van der Waals surface area (Å²) < 4.78 is 18.2. The molecule has 6 nitrogen and oxygen atoms in total. The number of anilines is 1. The fraction of sp³-hybridized carbons (Fsp3) is 0.600. The zero-order valence-electron chi connectivity index (χ0n) is 6.83. The summed E-state index contributed by atoms with van der Waals surface area (Å²) in [6.45, 7) is 2.34. The highest BCUT2D eigenvalue weighted by molar-refractivity contribution is 7.85. The van der Waals surface area contributed by atoms with Gasteiger partial charge in [-0.2, -0.15) is 4.98 Å². The van der Waals surface area contributed by atoms with Crippen LogP contribution in [0.15, 0.2) is 0 Å². The lowest BCUT2D eigenvalue weighted by molar-refractivity contribution is 0.314. The summed E-state index contributed by atoms with van der Waals surface area (Å²) in [7, 11) is -1.15. The van der Waals surface area contributed by atoms with Crippen LogP contribution in [0.3, 0.4) is 0 Å². The van der Waals surface area contributed by atoms with E-state index in [0.717, 1.165) is 0 Å². The molecular formula is C5H10N4O2S. The molecular weight excluding hydrogens is 180 g/mol. The normalized spacial score (nSPS) is 12.5. The van der Waals surface area contributed by atoms with Gasteiger partial charge in [-0.15, -0.1) is 5.10 Å². The van der Waals surface area contributed by atoms with Gasteiger partial charge in [0.15, 0.2) is 0 Å². The molecule has 1 unspecified atom stereocenters. The van der Waals surface area contributed by atoms with Crippen molar-refractivity contribution in [1.82, 2.24) is 15.2 Å². The van der Waals surface area contributed by atoms with E-state index in [-0.39, 0.29) is 6.01 Å². The second kappa shape index (κ2) is 4.05. The topological polar surface area (TPSA) is 79.9 Å². The SMILES string of the molecule is CCOc1n[nH]c(NS(C)=O)n1. The molecule has 12 heavy (non-hydrogen) atoms. The predicted octanol–water partition coefficient (Wildman–Crippen LogP) is -0.0912. The standard InChI is InChI=1S/C5H10N4O2S/c1-3-11-5-6-4(7-8-5)9-12(2)10/h3H2,1-2H3,(H2,6,7,8,9). The van der Waals surface area contributed by atoms with Gasteiger partial charge in [-0.3, -0.25) is 4.72 Å². The lowest BCUT2D eigenvalue weighted by atomic mass is 10.9. The molecule has 1 heterocycles. The van der Waals surface area contributed by atoms with Crippen molar-refractivity contribution >= 4 is 16.9 Å². The number of hydrogen-bond donors (Lipinski definition) is 2. The third kappa shape index (κ3) is 2.50. The zero-order valence-corrected chi connectivity index (χ0v) is 7.64. The molecule has 0 aliphatic rings. The van der Waals surface area contributed by atoms with Gasteiger partial charge in [0.2, 0.25) is 5.95 Å². The van der Waals surface area contributed by atoms with Gasteiger partial charge in [0.1, 0.15) is 11.0 Å². The van der Waals surface area contributed by atoms with Crippen LogP contribution in [-0.4, -0.2) is 32.3 Å². The summed E-state index contributed by atoms with van der Waals surface area (Å²) in [5.41, 5.74) is 0. The lowest BCUT2D eigenvalue weighted by Crippen LogP contribution is -2.02. The van der Waals surface area contributed by atoms with E-state index in [1.165, 1.54) is 6.26 Å². The number of H-pyrrole nitrogens is 1. The molecule has 0 bridgehead atoms. The van der Waals surface area contributed by atoms with Gasteiger partial charge in [-0.05, 0) is 6.92 Å². The van der Waals surface area contributed by atoms with E-state index >= 15 is 0 Å². The molecule has 1 aromatic rings. The minimum absolute atomic E-state index is 0.255. The van der Waals surface area contributed by atoms with Crippen LogP contribution in [0.25, 0.3) is 0 Å². The predicted molar refractivity (Wildman–Crippen MR) is 45.2 cm³/mol. The van der Waals surface area contributed by atoms with Crippen molar-refractivity contribution in [3.8, 4) is 6.01 Å². The van der Waals surface area contributed by atoms with E-state index in [4.69, 9.17) is 4.74 Å². The monoisotopic (exact) mass is 190 g/mol. The summed E-state index contributed by atoms with van der Waals surface area (Å²) in [5, 5.41) is 6.24. The molecule has 0 amide bonds. The Morgan fingerprint density at radius 1 is 1.75 bits per heavy atom. The van der Waals surface area contributed by atoms with E-state index < -0.39 is 11.0 Å². The molecule has 0 saturated heterocycles. The number of nitrogens with one attached hydrogen (secondary N) is 2. The third-order valence-corrected chi connectivity index (χ3v) is 1.46. The molecule has 0 aromatic carbocycles. The van der Waals surface area contributed by atoms with Crippen LogP contribution in [0.4, 0.5) is 5.95 Å². The van der Waals surface area contributed by atoms with Crippen LogP contribution < -0.4 is 9.46 Å². The Morgan fingerprint density at radius 3 is 3.08 bits per heavy atom. The summed E-state index contributed by atoms with van der Waals surface area (Å²) in [4.78, 5) is 3.85. The second-order valence-electron chi connectivity index (χ2n) is 1.96. The Kier molecular flexibility index (Phi) is 3.03. The van der Waals surface area contributed by atoms with Gasteiger partial charge >= 0.3 is 6.01 Å². The first-order valence-electron chi connectivity index (χ1n) is 3.37. The minimum Gasteiger partial charge on any atom is -0.463 e. The molecule has 68 valence electrons. The van der Waals surface area contributed by atoms with Crippen molar-refractivity contribution in [2.24, 2.45) is 0 Å². The number of nitrogens with zero attached hydrogens (tertiary/aromatic N) is 2. The molecule has 0 radical (unpaired) electrons. The first-order chi connectivity index (χ1) is 5.72. The van der Waals surface area contributed by atoms with Crippen LogP contribution in [0, 0.1) is 0 Å². The van der Waals surface area contributed by atoms with Gasteiger partial charge in [-0.25, -0.2) is 9.31 Å². The Labute approximate surface area is 72.3 Å². The average molecular weight is 190 g/mol. The average Bonchev–Trinajstić information content (AvgIpc) is 2.36. The number of aromatic nitrogens is 3. The molecule has 0 fully saturated rings. The smallest absolute Gasteiger partial charge is 0.337 e. The number of aromatic amines is 1. The number of rotatable bonds is 4. The fourth-order valence-electron chi connectivity index (χ4n) is 0.622. The molecule has 0 aliphatic carbocycles. The van der Waals surface area contributed by atoms with Crippen molar-refractivity contribution in [3.63, 3.8) is 0 Å². The maximum Gasteiger partial charge on any atom is 0.337 e. The van der Waals surface area contributed by atoms with E-state index in [1.807, 2.05) is 6.92 Å². The minimum atomic E-state index is -1.15. The molecule has 2 N–H and O–H groups in total. The van der Waals surface area contributed by atoms with E-state index in [2.05, 4.69) is 19.9 Å². The summed E-state index contributed by atoms with van der Waals surface area (Å²) in [6, 6.07) is 0.255. The fourth-order valence-corrected chi connectivity index (χ4v) is 0.985. The highest BCUT2D eigenvalue weighted by Crippen LogP contribution is 2.04. The van der Waals surface area contributed by atoms with Gasteiger partial charge in [0.25, 0.3) is 0 Å². The van der Waals surface area contributed by atoms with Crippen molar-refractivity contribution in [2.45, 2.75) is 6.92 Å². The highest BCUT2D eigenvalue weighted by Gasteiger charge is 2.02. The molecule has 0 saturated carbocycles. The van der Waals surface area contributed by atoms with Gasteiger partial charge in [-0.1, -0.05) is 0 Å². The van der Waals surface area contributed by atoms with Crippen molar-refractivity contribution in [1.29, 1.82) is 0 Å². The van der Waals surface area contributed by atoms with E-state index in [9.17, 15) is 4.21 Å². The van der Waals surface area contributed by atoms with Crippen LogP contribution in [0.5, 0.6) is 6.01 Å². The van der Waals surface area contributed by atoms with Crippen molar-refractivity contribution in [2.75, 3.05) is 17.6 Å². The Bertz CT molecular complexity index is 274. The van der Waals surface area contributed by atoms with Crippen LogP contribution in [0.1, 0.15) is 6.92 Å². The summed E-state index contributed by atoms with van der Waals surface area (Å²) >= 11 is 0. The quantitative estimate of drug-likeness (QED) is 0.695. The first kappa shape index (κ1) is 8.98. The maximum atomic E-state index is 10.7. The van der Waals surface area contributed by atoms with Crippen LogP contribution in [-0.2, 0) is 11.0 Å². The molecule has 7 heteroatoms. The lowest BCUT2D eigenvalue weighted by Gasteiger charge is -1.93. The summed E-state index contributed by atoms with van der Waals surface area (Å²) in [5.74, 6) is 0.347. The maximum absolute atomic E-state index is 10.7. The van der Waals surface area contributed by atoms with Crippen LogP contribution >= 0.6 is 0 Å². The Balaban J connectivity index is 2.58. The van der Waals surface area contributed by atoms with Crippen molar-refractivity contribution < 1.29 is 8.95 Å². The summed E-state index contributed by atoms with van der Waals surface area (Å²) in [6.07, 6.45) is 1.50. The number of ether oxygens (including phenoxy) is 1. The Hall–Kier alpha value is -1.11. The Morgan fingerprint density at radius 2 is 2.50 bits per heavy atom. The van der Waals surface area contributed by atoms with Gasteiger partial charge in [0.05, 0.1) is 6.61 Å². The van der Waals surface area contributed by atoms with Gasteiger partial charge in [0, 0.05) is 6.26 Å². The molecule has 0 aliphatic heterocycles. The zero-order chi connectivity index (χ0) is 8.97. The van der Waals surface area contributed by atoms with Gasteiger partial charge < -0.3 is 4.74 Å². The molecule has 0 spiro atoms.